The van der Waals surface area contributed by atoms with Gasteiger partial charge in [-0.15, -0.1) is 0 Å². The third-order valence-corrected chi connectivity index (χ3v) is 4.94. The third kappa shape index (κ3) is 4.45. The second-order valence-electron chi connectivity index (χ2n) is 7.11. The Morgan fingerprint density at radius 2 is 2.11 bits per heavy atom. The number of pyridine rings is 1. The summed E-state index contributed by atoms with van der Waals surface area (Å²) >= 11 is 0. The first-order valence-electron chi connectivity index (χ1n) is 9.12. The molecule has 2 aromatic rings. The van der Waals surface area contributed by atoms with Crippen molar-refractivity contribution in [2.75, 3.05) is 6.54 Å². The van der Waals surface area contributed by atoms with Crippen LogP contribution in [0.15, 0.2) is 29.3 Å². The monoisotopic (exact) mass is 371 g/mol. The van der Waals surface area contributed by atoms with E-state index in [1.165, 1.54) is 16.8 Å². The molecule has 27 heavy (non-hydrogen) atoms. The van der Waals surface area contributed by atoms with Gasteiger partial charge in [-0.25, -0.2) is 0 Å². The van der Waals surface area contributed by atoms with Crippen LogP contribution in [0, 0.1) is 12.8 Å². The molecule has 2 heterocycles. The molecule has 0 aromatic carbocycles. The van der Waals surface area contributed by atoms with E-state index in [-0.39, 0.29) is 30.0 Å². The van der Waals surface area contributed by atoms with Crippen LogP contribution in [-0.4, -0.2) is 32.7 Å². The minimum Gasteiger partial charge on any atom is -0.352 e. The minimum atomic E-state index is -0.467. The Kier molecular flexibility index (Phi) is 5.43. The Balaban J connectivity index is 1.65. The van der Waals surface area contributed by atoms with Crippen molar-refractivity contribution in [3.63, 3.8) is 0 Å². The SMILES string of the molecule is Cc1c([C@@H](C)NC(=O)Cn2cccc(C(=O)NCC3CC3)c2=O)cnn1C. The van der Waals surface area contributed by atoms with E-state index in [4.69, 9.17) is 0 Å². The molecule has 0 unspecified atom stereocenters. The van der Waals surface area contributed by atoms with Crippen molar-refractivity contribution in [2.45, 2.75) is 39.3 Å². The fourth-order valence-electron chi connectivity index (χ4n) is 2.95. The minimum absolute atomic E-state index is 0.0575. The Morgan fingerprint density at radius 3 is 2.74 bits per heavy atom. The van der Waals surface area contributed by atoms with E-state index in [0.717, 1.165) is 24.1 Å². The molecule has 3 rings (SSSR count). The van der Waals surface area contributed by atoms with Gasteiger partial charge in [0.25, 0.3) is 11.5 Å². The fraction of sp³-hybridized carbons (Fsp3) is 0.474. The van der Waals surface area contributed by atoms with Crippen LogP contribution >= 0.6 is 0 Å². The van der Waals surface area contributed by atoms with Crippen molar-refractivity contribution in [1.82, 2.24) is 25.0 Å². The Hall–Kier alpha value is -2.90. The highest BCUT2D eigenvalue weighted by molar-refractivity contribution is 5.93. The van der Waals surface area contributed by atoms with Crippen molar-refractivity contribution in [3.05, 3.63) is 51.7 Å². The summed E-state index contributed by atoms with van der Waals surface area (Å²) < 4.78 is 3.00. The molecule has 2 N–H and O–H groups in total. The molecule has 144 valence electrons. The van der Waals surface area contributed by atoms with E-state index in [1.54, 1.807) is 16.9 Å². The van der Waals surface area contributed by atoms with Gasteiger partial charge >= 0.3 is 0 Å². The summed E-state index contributed by atoms with van der Waals surface area (Å²) in [4.78, 5) is 37.1. The van der Waals surface area contributed by atoms with Crippen molar-refractivity contribution < 1.29 is 9.59 Å². The summed E-state index contributed by atoms with van der Waals surface area (Å²) in [5.41, 5.74) is 1.48. The van der Waals surface area contributed by atoms with E-state index < -0.39 is 5.56 Å². The zero-order valence-electron chi connectivity index (χ0n) is 15.9. The lowest BCUT2D eigenvalue weighted by atomic mass is 10.1. The topological polar surface area (TPSA) is 98.0 Å². The standard InChI is InChI=1S/C19H25N5O3/c1-12(16-10-21-23(3)13(16)2)22-17(25)11-24-8-4-5-15(19(24)27)18(26)20-9-14-6-7-14/h4-5,8,10,12,14H,6-7,9,11H2,1-3H3,(H,20,26)(H,22,25)/t12-/m1/s1. The number of amides is 2. The van der Waals surface area contributed by atoms with Gasteiger partial charge in [-0.05, 0) is 44.7 Å². The molecule has 2 aromatic heterocycles. The van der Waals surface area contributed by atoms with E-state index in [9.17, 15) is 14.4 Å². The first-order valence-corrected chi connectivity index (χ1v) is 9.12. The number of aryl methyl sites for hydroxylation is 1. The summed E-state index contributed by atoms with van der Waals surface area (Å²) in [6, 6.07) is 2.86. The van der Waals surface area contributed by atoms with Gasteiger partial charge in [0.05, 0.1) is 12.2 Å². The van der Waals surface area contributed by atoms with Crippen LogP contribution in [0.4, 0.5) is 0 Å². The van der Waals surface area contributed by atoms with Crippen LogP contribution in [0.1, 0.15) is 47.4 Å². The molecule has 1 atom stereocenters. The molecule has 0 spiro atoms. The number of hydrogen-bond acceptors (Lipinski definition) is 4. The summed E-state index contributed by atoms with van der Waals surface area (Å²) in [7, 11) is 1.84. The van der Waals surface area contributed by atoms with Crippen LogP contribution in [0.25, 0.3) is 0 Å². The van der Waals surface area contributed by atoms with Gasteiger partial charge < -0.3 is 15.2 Å². The van der Waals surface area contributed by atoms with Crippen LogP contribution in [0.5, 0.6) is 0 Å². The predicted molar refractivity (Wildman–Crippen MR) is 100 cm³/mol. The number of aromatic nitrogens is 3. The normalized spacial score (nSPS) is 14.6. The molecule has 8 heteroatoms. The molecule has 0 saturated heterocycles. The highest BCUT2D eigenvalue weighted by Gasteiger charge is 2.23. The summed E-state index contributed by atoms with van der Waals surface area (Å²) in [5, 5.41) is 9.83. The molecule has 0 bridgehead atoms. The largest absolute Gasteiger partial charge is 0.352 e. The second kappa shape index (κ2) is 7.77. The van der Waals surface area contributed by atoms with Crippen LogP contribution in [-0.2, 0) is 18.4 Å². The van der Waals surface area contributed by atoms with Gasteiger partial charge in [0.2, 0.25) is 5.91 Å². The van der Waals surface area contributed by atoms with Gasteiger partial charge in [0.1, 0.15) is 12.1 Å². The number of carbonyl (C=O) groups excluding carboxylic acids is 2. The lowest BCUT2D eigenvalue weighted by Gasteiger charge is -2.15. The first-order chi connectivity index (χ1) is 12.9. The van der Waals surface area contributed by atoms with E-state index in [1.807, 2.05) is 20.9 Å². The molecule has 0 aliphatic heterocycles. The zero-order chi connectivity index (χ0) is 19.6. The second-order valence-corrected chi connectivity index (χ2v) is 7.11. The molecule has 8 nitrogen and oxygen atoms in total. The maximum Gasteiger partial charge on any atom is 0.263 e. The third-order valence-electron chi connectivity index (χ3n) is 4.94. The number of carbonyl (C=O) groups is 2. The van der Waals surface area contributed by atoms with E-state index >= 15 is 0 Å². The van der Waals surface area contributed by atoms with Crippen molar-refractivity contribution in [3.8, 4) is 0 Å². The first kappa shape index (κ1) is 18.9. The highest BCUT2D eigenvalue weighted by Crippen LogP contribution is 2.27. The number of rotatable bonds is 7. The highest BCUT2D eigenvalue weighted by atomic mass is 16.2. The van der Waals surface area contributed by atoms with Gasteiger partial charge in [0, 0.05) is 31.0 Å². The van der Waals surface area contributed by atoms with Crippen molar-refractivity contribution in [1.29, 1.82) is 0 Å². The predicted octanol–water partition coefficient (Wildman–Crippen LogP) is 0.907. The average molecular weight is 371 g/mol. The maximum absolute atomic E-state index is 12.5. The molecule has 2 amide bonds. The van der Waals surface area contributed by atoms with Gasteiger partial charge in [0.15, 0.2) is 0 Å². The zero-order valence-corrected chi connectivity index (χ0v) is 15.9. The maximum atomic E-state index is 12.5. The summed E-state index contributed by atoms with van der Waals surface area (Å²) in [6.07, 6.45) is 5.47. The van der Waals surface area contributed by atoms with E-state index in [0.29, 0.717) is 12.5 Å². The van der Waals surface area contributed by atoms with Gasteiger partial charge in [-0.1, -0.05) is 0 Å². The molecular weight excluding hydrogens is 346 g/mol. The number of nitrogens with one attached hydrogen (secondary N) is 2. The Morgan fingerprint density at radius 1 is 1.37 bits per heavy atom. The van der Waals surface area contributed by atoms with Gasteiger partial charge in [-0.3, -0.25) is 19.1 Å². The lowest BCUT2D eigenvalue weighted by Crippen LogP contribution is -2.37. The molecular formula is C19H25N5O3. The molecule has 1 aliphatic rings. The fourth-order valence-corrected chi connectivity index (χ4v) is 2.95. The Labute approximate surface area is 157 Å². The van der Waals surface area contributed by atoms with Crippen molar-refractivity contribution >= 4 is 11.8 Å². The van der Waals surface area contributed by atoms with Gasteiger partial charge in [-0.2, -0.15) is 5.10 Å². The van der Waals surface area contributed by atoms with E-state index in [2.05, 4.69) is 15.7 Å². The quantitative estimate of drug-likeness (QED) is 0.756. The van der Waals surface area contributed by atoms with Crippen LogP contribution in [0.3, 0.4) is 0 Å². The molecule has 1 aliphatic carbocycles. The number of hydrogen-bond donors (Lipinski definition) is 2. The molecule has 1 fully saturated rings. The van der Waals surface area contributed by atoms with Crippen LogP contribution < -0.4 is 16.2 Å². The molecule has 1 saturated carbocycles. The lowest BCUT2D eigenvalue weighted by molar-refractivity contribution is -0.122. The molecule has 0 radical (unpaired) electrons. The summed E-state index contributed by atoms with van der Waals surface area (Å²) in [5.74, 6) is -0.160. The van der Waals surface area contributed by atoms with Crippen molar-refractivity contribution in [2.24, 2.45) is 13.0 Å². The average Bonchev–Trinajstić information content (AvgIpc) is 3.39. The Bertz CT molecular complexity index is 910. The summed E-state index contributed by atoms with van der Waals surface area (Å²) in [6.45, 7) is 4.24. The van der Waals surface area contributed by atoms with Crippen LogP contribution in [0.2, 0.25) is 0 Å². The number of nitrogens with zero attached hydrogens (tertiary/aromatic N) is 3. The smallest absolute Gasteiger partial charge is 0.263 e.